The zero-order chi connectivity index (χ0) is 18.5. The highest BCUT2D eigenvalue weighted by molar-refractivity contribution is 5.68. The lowest BCUT2D eigenvalue weighted by molar-refractivity contribution is 0.420. The van der Waals surface area contributed by atoms with Crippen LogP contribution >= 0.6 is 0 Å². The van der Waals surface area contributed by atoms with Crippen LogP contribution in [0.3, 0.4) is 0 Å². The minimum Gasteiger partial charge on any atom is -0.313 e. The first kappa shape index (κ1) is 20.3. The van der Waals surface area contributed by atoms with Crippen molar-refractivity contribution in [3.8, 4) is 0 Å². The van der Waals surface area contributed by atoms with Crippen molar-refractivity contribution in [2.24, 2.45) is 5.92 Å². The molecule has 0 unspecified atom stereocenters. The fourth-order valence-corrected chi connectivity index (χ4v) is 3.30. The van der Waals surface area contributed by atoms with E-state index in [1.54, 1.807) is 6.08 Å². The Balaban J connectivity index is 1.74. The summed E-state index contributed by atoms with van der Waals surface area (Å²) in [5.41, 5.74) is 3.63. The van der Waals surface area contributed by atoms with E-state index in [0.717, 1.165) is 37.5 Å². The quantitative estimate of drug-likeness (QED) is 0.327. The smallest absolute Gasteiger partial charge is 0.0445 e. The number of pyridine rings is 1. The summed E-state index contributed by atoms with van der Waals surface area (Å²) >= 11 is 0. The third kappa shape index (κ3) is 7.92. The molecule has 1 aromatic rings. The first-order chi connectivity index (χ1) is 12.8. The highest BCUT2D eigenvalue weighted by Crippen LogP contribution is 2.25. The largest absolute Gasteiger partial charge is 0.313 e. The Labute approximate surface area is 158 Å². The van der Waals surface area contributed by atoms with Crippen LogP contribution in [0.1, 0.15) is 61.8 Å². The molecular formula is C23H33N3. The van der Waals surface area contributed by atoms with Gasteiger partial charge in [-0.2, -0.15) is 0 Å². The van der Waals surface area contributed by atoms with Crippen LogP contribution < -0.4 is 5.32 Å². The maximum atomic E-state index is 6.90. The number of aryl methyl sites for hydroxylation is 1. The Morgan fingerprint density at radius 3 is 2.85 bits per heavy atom. The van der Waals surface area contributed by atoms with Gasteiger partial charge in [-0.05, 0) is 68.3 Å². The maximum Gasteiger partial charge on any atom is 0.0445 e. The lowest BCUT2D eigenvalue weighted by Crippen LogP contribution is -2.14. The van der Waals surface area contributed by atoms with E-state index in [0.29, 0.717) is 0 Å². The summed E-state index contributed by atoms with van der Waals surface area (Å²) in [6.45, 7) is 3.96. The van der Waals surface area contributed by atoms with Crippen LogP contribution in [0.15, 0.2) is 42.6 Å². The lowest BCUT2D eigenvalue weighted by Gasteiger charge is -2.17. The van der Waals surface area contributed by atoms with Crippen LogP contribution in [0, 0.1) is 18.3 Å². The Bertz CT molecular complexity index is 622. The molecule has 3 heteroatoms. The topological polar surface area (TPSA) is 48.8 Å². The summed E-state index contributed by atoms with van der Waals surface area (Å²) in [6.07, 6.45) is 24.7. The molecule has 1 saturated carbocycles. The molecule has 0 aliphatic heterocycles. The Hall–Kier alpha value is -2.00. The SMILES string of the molecule is Cc1ncc(CNCCC/C=C/C=C\C=N)cc1/C=C\C1CCCCC1. The van der Waals surface area contributed by atoms with E-state index in [-0.39, 0.29) is 0 Å². The van der Waals surface area contributed by atoms with E-state index in [9.17, 15) is 0 Å². The molecule has 2 rings (SSSR count). The third-order valence-corrected chi connectivity index (χ3v) is 4.89. The summed E-state index contributed by atoms with van der Waals surface area (Å²) in [5.74, 6) is 0.756. The number of allylic oxidation sites excluding steroid dienone is 5. The van der Waals surface area contributed by atoms with Gasteiger partial charge in [0, 0.05) is 24.7 Å². The van der Waals surface area contributed by atoms with Crippen molar-refractivity contribution in [2.45, 2.75) is 58.4 Å². The van der Waals surface area contributed by atoms with E-state index in [1.165, 1.54) is 49.4 Å². The number of aromatic nitrogens is 1. The summed E-state index contributed by atoms with van der Waals surface area (Å²) < 4.78 is 0. The number of nitrogens with zero attached hydrogens (tertiary/aromatic N) is 1. The number of rotatable bonds is 10. The fraction of sp³-hybridized carbons (Fsp3) is 0.478. The van der Waals surface area contributed by atoms with Crippen molar-refractivity contribution in [2.75, 3.05) is 6.54 Å². The summed E-state index contributed by atoms with van der Waals surface area (Å²) in [6, 6.07) is 2.27. The third-order valence-electron chi connectivity index (χ3n) is 4.89. The van der Waals surface area contributed by atoms with Crippen LogP contribution in [0.2, 0.25) is 0 Å². The molecule has 140 valence electrons. The van der Waals surface area contributed by atoms with Crippen LogP contribution in [0.5, 0.6) is 0 Å². The highest BCUT2D eigenvalue weighted by Gasteiger charge is 2.10. The number of unbranched alkanes of at least 4 members (excludes halogenated alkanes) is 1. The minimum absolute atomic E-state index is 0.756. The van der Waals surface area contributed by atoms with Crippen molar-refractivity contribution in [3.05, 3.63) is 59.5 Å². The first-order valence-corrected chi connectivity index (χ1v) is 9.96. The second kappa shape index (κ2) is 12.4. The molecule has 26 heavy (non-hydrogen) atoms. The molecule has 3 nitrogen and oxygen atoms in total. The van der Waals surface area contributed by atoms with Gasteiger partial charge in [0.2, 0.25) is 0 Å². The molecule has 0 aromatic carbocycles. The Morgan fingerprint density at radius 1 is 1.19 bits per heavy atom. The second-order valence-corrected chi connectivity index (χ2v) is 7.07. The molecule has 1 aliphatic rings. The average molecular weight is 352 g/mol. The van der Waals surface area contributed by atoms with Crippen molar-refractivity contribution in [3.63, 3.8) is 0 Å². The predicted molar refractivity (Wildman–Crippen MR) is 113 cm³/mol. The van der Waals surface area contributed by atoms with E-state index < -0.39 is 0 Å². The molecule has 2 N–H and O–H groups in total. The normalized spacial score (nSPS) is 16.2. The van der Waals surface area contributed by atoms with E-state index in [4.69, 9.17) is 5.41 Å². The van der Waals surface area contributed by atoms with E-state index in [1.807, 2.05) is 18.3 Å². The van der Waals surface area contributed by atoms with Gasteiger partial charge >= 0.3 is 0 Å². The maximum absolute atomic E-state index is 6.90. The number of hydrogen-bond donors (Lipinski definition) is 2. The molecule has 1 heterocycles. The average Bonchev–Trinajstić information content (AvgIpc) is 2.67. The molecule has 0 saturated heterocycles. The van der Waals surface area contributed by atoms with Crippen LogP contribution in [-0.4, -0.2) is 17.7 Å². The van der Waals surface area contributed by atoms with Gasteiger partial charge in [0.1, 0.15) is 0 Å². The summed E-state index contributed by atoms with van der Waals surface area (Å²) in [5, 5.41) is 10.4. The van der Waals surface area contributed by atoms with Crippen molar-refractivity contribution < 1.29 is 0 Å². The number of hydrogen-bond acceptors (Lipinski definition) is 3. The van der Waals surface area contributed by atoms with Gasteiger partial charge in [0.05, 0.1) is 0 Å². The zero-order valence-electron chi connectivity index (χ0n) is 16.1. The van der Waals surface area contributed by atoms with Gasteiger partial charge in [0.25, 0.3) is 0 Å². The molecule has 0 radical (unpaired) electrons. The van der Waals surface area contributed by atoms with Crippen LogP contribution in [0.4, 0.5) is 0 Å². The van der Waals surface area contributed by atoms with Crippen LogP contribution in [0.25, 0.3) is 6.08 Å². The Morgan fingerprint density at radius 2 is 2.04 bits per heavy atom. The van der Waals surface area contributed by atoms with Gasteiger partial charge in [-0.15, -0.1) is 0 Å². The van der Waals surface area contributed by atoms with E-state index in [2.05, 4.69) is 41.5 Å². The van der Waals surface area contributed by atoms with E-state index >= 15 is 0 Å². The van der Waals surface area contributed by atoms with Crippen molar-refractivity contribution in [1.82, 2.24) is 10.3 Å². The zero-order valence-corrected chi connectivity index (χ0v) is 16.1. The van der Waals surface area contributed by atoms with Crippen LogP contribution in [-0.2, 0) is 6.54 Å². The molecule has 1 aliphatic carbocycles. The van der Waals surface area contributed by atoms with Gasteiger partial charge in [-0.3, -0.25) is 4.98 Å². The monoisotopic (exact) mass is 351 g/mol. The Kier molecular flexibility index (Phi) is 9.66. The predicted octanol–water partition coefficient (Wildman–Crippen LogP) is 5.62. The summed E-state index contributed by atoms with van der Waals surface area (Å²) in [4.78, 5) is 4.57. The standard InChI is InChI=1S/C23H33N3/c1-20-23(14-13-21-11-7-6-8-12-21)17-22(19-26-20)18-25-16-10-5-3-2-4-9-15-24/h2-4,9,13-15,17,19,21,24-25H,5-8,10-12,16,18H2,1H3/b3-2+,9-4-,14-13-,24-15?. The van der Waals surface area contributed by atoms with Gasteiger partial charge < -0.3 is 10.7 Å². The molecule has 1 fully saturated rings. The molecule has 0 bridgehead atoms. The fourth-order valence-electron chi connectivity index (χ4n) is 3.30. The molecule has 0 amide bonds. The number of nitrogens with one attached hydrogen (secondary N) is 2. The van der Waals surface area contributed by atoms with Gasteiger partial charge in [-0.25, -0.2) is 0 Å². The minimum atomic E-state index is 0.756. The van der Waals surface area contributed by atoms with Crippen molar-refractivity contribution >= 4 is 12.3 Å². The molecule has 0 atom stereocenters. The highest BCUT2D eigenvalue weighted by atomic mass is 14.8. The lowest BCUT2D eigenvalue weighted by atomic mass is 9.88. The van der Waals surface area contributed by atoms with Gasteiger partial charge in [0.15, 0.2) is 0 Å². The van der Waals surface area contributed by atoms with Gasteiger partial charge in [-0.1, -0.05) is 49.6 Å². The first-order valence-electron chi connectivity index (χ1n) is 9.96. The molecular weight excluding hydrogens is 318 g/mol. The molecule has 0 spiro atoms. The molecule has 1 aromatic heterocycles. The van der Waals surface area contributed by atoms with Crippen molar-refractivity contribution in [1.29, 1.82) is 5.41 Å². The summed E-state index contributed by atoms with van der Waals surface area (Å²) in [7, 11) is 0. The second-order valence-electron chi connectivity index (χ2n) is 7.07.